The second kappa shape index (κ2) is 5.73. The Labute approximate surface area is 122 Å². The molecule has 0 amide bonds. The average molecular weight is 286 g/mol. The fourth-order valence-electron chi connectivity index (χ4n) is 2.08. The Hall–Kier alpha value is -1.72. The summed E-state index contributed by atoms with van der Waals surface area (Å²) in [5.41, 5.74) is 2.26. The topological polar surface area (TPSA) is 42.7 Å². The number of rotatable bonds is 5. The molecule has 0 radical (unpaired) electrons. The second-order valence-electron chi connectivity index (χ2n) is 5.09. The summed E-state index contributed by atoms with van der Waals surface area (Å²) in [5.74, 6) is 0. The van der Waals surface area contributed by atoms with Crippen LogP contribution in [0.5, 0.6) is 0 Å². The van der Waals surface area contributed by atoms with Gasteiger partial charge in [-0.05, 0) is 18.2 Å². The third kappa shape index (κ3) is 2.89. The molecular weight excluding hydrogens is 268 g/mol. The third-order valence-electron chi connectivity index (χ3n) is 3.12. The molecule has 0 spiro atoms. The summed E-state index contributed by atoms with van der Waals surface area (Å²) in [6.45, 7) is 5.87. The van der Waals surface area contributed by atoms with E-state index in [-0.39, 0.29) is 0 Å². The number of hydrogen-bond donors (Lipinski definition) is 1. The zero-order valence-corrected chi connectivity index (χ0v) is 12.5. The summed E-state index contributed by atoms with van der Waals surface area (Å²) < 4.78 is 3.25. The first kappa shape index (κ1) is 13.3. The van der Waals surface area contributed by atoms with Gasteiger partial charge in [-0.15, -0.1) is 11.3 Å². The van der Waals surface area contributed by atoms with Crippen molar-refractivity contribution in [3.63, 3.8) is 0 Å². The maximum Gasteiger partial charge on any atom is 0.115 e. The molecule has 20 heavy (non-hydrogen) atoms. The first-order chi connectivity index (χ1) is 9.72. The quantitative estimate of drug-likeness (QED) is 0.784. The maximum absolute atomic E-state index is 4.66. The predicted molar refractivity (Wildman–Crippen MR) is 82.9 cm³/mol. The first-order valence-corrected chi connectivity index (χ1v) is 7.62. The highest BCUT2D eigenvalue weighted by molar-refractivity contribution is 7.18. The van der Waals surface area contributed by atoms with E-state index in [1.807, 2.05) is 16.9 Å². The van der Waals surface area contributed by atoms with Gasteiger partial charge in [-0.25, -0.2) is 4.98 Å². The standard InChI is InChI=1S/C15H18N4S/c1-11(2)16-9-12-7-8-17-19(12)10-15-18-13-5-3-4-6-14(13)20-15/h3-8,11,16H,9-10H2,1-2H3. The van der Waals surface area contributed by atoms with Crippen LogP contribution >= 0.6 is 11.3 Å². The Morgan fingerprint density at radius 2 is 2.10 bits per heavy atom. The minimum Gasteiger partial charge on any atom is -0.309 e. The summed E-state index contributed by atoms with van der Waals surface area (Å²) >= 11 is 1.74. The van der Waals surface area contributed by atoms with Crippen LogP contribution in [0.4, 0.5) is 0 Å². The average Bonchev–Trinajstić information content (AvgIpc) is 3.02. The van der Waals surface area contributed by atoms with E-state index in [4.69, 9.17) is 0 Å². The highest BCUT2D eigenvalue weighted by Gasteiger charge is 2.08. The number of thiazole rings is 1. The van der Waals surface area contributed by atoms with Crippen LogP contribution in [0.2, 0.25) is 0 Å². The Balaban J connectivity index is 1.78. The summed E-state index contributed by atoms with van der Waals surface area (Å²) in [7, 11) is 0. The molecular formula is C15H18N4S. The number of para-hydroxylation sites is 1. The summed E-state index contributed by atoms with van der Waals surface area (Å²) in [4.78, 5) is 4.66. The molecule has 3 aromatic rings. The normalized spacial score (nSPS) is 11.6. The monoisotopic (exact) mass is 286 g/mol. The largest absolute Gasteiger partial charge is 0.309 e. The highest BCUT2D eigenvalue weighted by Crippen LogP contribution is 2.22. The molecule has 3 rings (SSSR count). The molecule has 0 unspecified atom stereocenters. The van der Waals surface area contributed by atoms with Crippen LogP contribution in [0.15, 0.2) is 36.5 Å². The van der Waals surface area contributed by atoms with Crippen LogP contribution in [-0.4, -0.2) is 20.8 Å². The van der Waals surface area contributed by atoms with Gasteiger partial charge in [0.05, 0.1) is 22.5 Å². The predicted octanol–water partition coefficient (Wildman–Crippen LogP) is 3.04. The van der Waals surface area contributed by atoms with Gasteiger partial charge in [0.2, 0.25) is 0 Å². The van der Waals surface area contributed by atoms with Gasteiger partial charge in [-0.3, -0.25) is 4.68 Å². The van der Waals surface area contributed by atoms with Crippen molar-refractivity contribution in [1.29, 1.82) is 0 Å². The van der Waals surface area contributed by atoms with Gasteiger partial charge in [-0.1, -0.05) is 26.0 Å². The van der Waals surface area contributed by atoms with Gasteiger partial charge >= 0.3 is 0 Å². The summed E-state index contributed by atoms with van der Waals surface area (Å²) in [6, 6.07) is 10.8. The Morgan fingerprint density at radius 1 is 1.25 bits per heavy atom. The molecule has 4 nitrogen and oxygen atoms in total. The van der Waals surface area contributed by atoms with Gasteiger partial charge in [0.1, 0.15) is 5.01 Å². The fourth-order valence-corrected chi connectivity index (χ4v) is 3.03. The van der Waals surface area contributed by atoms with E-state index < -0.39 is 0 Å². The molecule has 1 N–H and O–H groups in total. The lowest BCUT2D eigenvalue weighted by Gasteiger charge is -2.09. The second-order valence-corrected chi connectivity index (χ2v) is 6.21. The van der Waals surface area contributed by atoms with Crippen LogP contribution in [-0.2, 0) is 13.1 Å². The van der Waals surface area contributed by atoms with E-state index in [2.05, 4.69) is 53.5 Å². The molecule has 0 aliphatic rings. The van der Waals surface area contributed by atoms with Crippen molar-refractivity contribution in [3.8, 4) is 0 Å². The molecule has 2 heterocycles. The minimum absolute atomic E-state index is 0.473. The zero-order chi connectivity index (χ0) is 13.9. The summed E-state index contributed by atoms with van der Waals surface area (Å²) in [6.07, 6.45) is 1.85. The van der Waals surface area contributed by atoms with E-state index >= 15 is 0 Å². The maximum atomic E-state index is 4.66. The molecule has 104 valence electrons. The molecule has 0 bridgehead atoms. The number of nitrogens with one attached hydrogen (secondary N) is 1. The number of hydrogen-bond acceptors (Lipinski definition) is 4. The van der Waals surface area contributed by atoms with Crippen molar-refractivity contribution in [2.75, 3.05) is 0 Å². The first-order valence-electron chi connectivity index (χ1n) is 6.81. The van der Waals surface area contributed by atoms with Gasteiger partial charge in [-0.2, -0.15) is 5.10 Å². The lowest BCUT2D eigenvalue weighted by Crippen LogP contribution is -2.23. The van der Waals surface area contributed by atoms with E-state index in [1.165, 1.54) is 10.4 Å². The Kier molecular flexibility index (Phi) is 3.80. The lowest BCUT2D eigenvalue weighted by atomic mass is 10.3. The van der Waals surface area contributed by atoms with Crippen molar-refractivity contribution in [2.24, 2.45) is 0 Å². The molecule has 0 aliphatic carbocycles. The van der Waals surface area contributed by atoms with Crippen molar-refractivity contribution in [2.45, 2.75) is 33.0 Å². The number of nitrogens with zero attached hydrogens (tertiary/aromatic N) is 3. The Bertz CT molecular complexity index is 666. The molecule has 5 heteroatoms. The van der Waals surface area contributed by atoms with Crippen molar-refractivity contribution in [3.05, 3.63) is 47.2 Å². The van der Waals surface area contributed by atoms with Gasteiger partial charge in [0, 0.05) is 18.8 Å². The molecule has 1 aromatic carbocycles. The minimum atomic E-state index is 0.473. The van der Waals surface area contributed by atoms with E-state index in [0.29, 0.717) is 6.04 Å². The Morgan fingerprint density at radius 3 is 2.90 bits per heavy atom. The van der Waals surface area contributed by atoms with Crippen molar-refractivity contribution >= 4 is 21.6 Å². The van der Waals surface area contributed by atoms with Crippen molar-refractivity contribution < 1.29 is 0 Å². The molecule has 0 saturated heterocycles. The number of fused-ring (bicyclic) bond motifs is 1. The van der Waals surface area contributed by atoms with Gasteiger partial charge in [0.25, 0.3) is 0 Å². The smallest absolute Gasteiger partial charge is 0.115 e. The molecule has 0 fully saturated rings. The van der Waals surface area contributed by atoms with Gasteiger partial charge in [0.15, 0.2) is 0 Å². The van der Waals surface area contributed by atoms with Crippen molar-refractivity contribution in [1.82, 2.24) is 20.1 Å². The van der Waals surface area contributed by atoms with E-state index in [0.717, 1.165) is 23.6 Å². The zero-order valence-electron chi connectivity index (χ0n) is 11.7. The van der Waals surface area contributed by atoms with Gasteiger partial charge < -0.3 is 5.32 Å². The van der Waals surface area contributed by atoms with Crippen LogP contribution in [0.25, 0.3) is 10.2 Å². The van der Waals surface area contributed by atoms with Crippen LogP contribution in [0, 0.1) is 0 Å². The molecule has 0 aliphatic heterocycles. The number of benzene rings is 1. The molecule has 2 aromatic heterocycles. The SMILES string of the molecule is CC(C)NCc1ccnn1Cc1nc2ccccc2s1. The lowest BCUT2D eigenvalue weighted by molar-refractivity contribution is 0.547. The van der Waals surface area contributed by atoms with Crippen LogP contribution in [0.3, 0.4) is 0 Å². The number of aromatic nitrogens is 3. The third-order valence-corrected chi connectivity index (χ3v) is 4.14. The summed E-state index contributed by atoms with van der Waals surface area (Å²) in [5, 5.41) is 8.92. The fraction of sp³-hybridized carbons (Fsp3) is 0.333. The van der Waals surface area contributed by atoms with E-state index in [9.17, 15) is 0 Å². The highest BCUT2D eigenvalue weighted by atomic mass is 32.1. The van der Waals surface area contributed by atoms with E-state index in [1.54, 1.807) is 11.3 Å². The van der Waals surface area contributed by atoms with Crippen LogP contribution < -0.4 is 5.32 Å². The van der Waals surface area contributed by atoms with Crippen LogP contribution in [0.1, 0.15) is 24.5 Å². The molecule has 0 saturated carbocycles. The molecule has 0 atom stereocenters.